The highest BCUT2D eigenvalue weighted by Gasteiger charge is 2.35. The van der Waals surface area contributed by atoms with Gasteiger partial charge in [-0.2, -0.15) is 0 Å². The number of amides is 2. The van der Waals surface area contributed by atoms with Gasteiger partial charge in [0.15, 0.2) is 0 Å². The standard InChI is InChI=1S/C17H25N5O4S/c23-16(19-6-2-9-20-11-7-18-8-12-20)13-3-1-10-21(13)17(24)14-4-5-15(27-14)22(25)26/h4-5,13,18H,1-3,6-12H2,(H,19,23). The zero-order chi connectivity index (χ0) is 19.2. The molecule has 2 saturated heterocycles. The van der Waals surface area contributed by atoms with Gasteiger partial charge in [-0.1, -0.05) is 11.3 Å². The summed E-state index contributed by atoms with van der Waals surface area (Å²) in [6.45, 7) is 6.12. The molecule has 0 bridgehead atoms. The van der Waals surface area contributed by atoms with Crippen LogP contribution in [0.4, 0.5) is 5.00 Å². The molecule has 2 N–H and O–H groups in total. The minimum Gasteiger partial charge on any atom is -0.354 e. The second-order valence-corrected chi connectivity index (χ2v) is 7.85. The van der Waals surface area contributed by atoms with E-state index in [-0.39, 0.29) is 16.8 Å². The number of carbonyl (C=O) groups is 2. The van der Waals surface area contributed by atoms with Gasteiger partial charge in [0.2, 0.25) is 5.91 Å². The molecule has 9 nitrogen and oxygen atoms in total. The van der Waals surface area contributed by atoms with E-state index in [4.69, 9.17) is 0 Å². The molecule has 0 radical (unpaired) electrons. The third-order valence-corrected chi connectivity index (χ3v) is 5.98. The van der Waals surface area contributed by atoms with Gasteiger partial charge in [0.05, 0.1) is 9.80 Å². The van der Waals surface area contributed by atoms with E-state index in [1.54, 1.807) is 4.90 Å². The van der Waals surface area contributed by atoms with E-state index in [0.717, 1.165) is 56.9 Å². The highest BCUT2D eigenvalue weighted by Crippen LogP contribution is 2.28. The van der Waals surface area contributed by atoms with Crippen LogP contribution in [0.1, 0.15) is 28.9 Å². The van der Waals surface area contributed by atoms with Crippen molar-refractivity contribution in [1.82, 2.24) is 20.4 Å². The Kier molecular flexibility index (Phi) is 6.75. The number of nitrogens with one attached hydrogen (secondary N) is 2. The summed E-state index contributed by atoms with van der Waals surface area (Å²) in [4.78, 5) is 39.7. The SMILES string of the molecule is O=C(NCCCN1CCNCC1)C1CCCN1C(=O)c1ccc([N+](=O)[O-])s1. The first kappa shape index (κ1) is 19.7. The van der Waals surface area contributed by atoms with Crippen molar-refractivity contribution in [3.63, 3.8) is 0 Å². The number of piperazine rings is 1. The maximum atomic E-state index is 12.7. The minimum absolute atomic E-state index is 0.0635. The van der Waals surface area contributed by atoms with Crippen molar-refractivity contribution in [1.29, 1.82) is 0 Å². The molecule has 3 rings (SSSR count). The van der Waals surface area contributed by atoms with E-state index in [9.17, 15) is 19.7 Å². The van der Waals surface area contributed by atoms with Crippen LogP contribution in [0.2, 0.25) is 0 Å². The monoisotopic (exact) mass is 395 g/mol. The molecule has 10 heteroatoms. The molecule has 27 heavy (non-hydrogen) atoms. The average molecular weight is 395 g/mol. The van der Waals surface area contributed by atoms with Crippen molar-refractivity contribution in [2.24, 2.45) is 0 Å². The van der Waals surface area contributed by atoms with Crippen molar-refractivity contribution in [3.8, 4) is 0 Å². The molecule has 3 heterocycles. The second kappa shape index (κ2) is 9.25. The Bertz CT molecular complexity index is 689. The third-order valence-electron chi connectivity index (χ3n) is 4.96. The number of hydrogen-bond donors (Lipinski definition) is 2. The lowest BCUT2D eigenvalue weighted by molar-refractivity contribution is -0.380. The zero-order valence-electron chi connectivity index (χ0n) is 15.2. The largest absolute Gasteiger partial charge is 0.354 e. The van der Waals surface area contributed by atoms with Gasteiger partial charge in [0.1, 0.15) is 6.04 Å². The first-order valence-electron chi connectivity index (χ1n) is 9.32. The first-order chi connectivity index (χ1) is 13.1. The van der Waals surface area contributed by atoms with Crippen molar-refractivity contribution in [2.75, 3.05) is 45.8 Å². The fourth-order valence-electron chi connectivity index (χ4n) is 3.53. The van der Waals surface area contributed by atoms with Crippen LogP contribution in [0, 0.1) is 10.1 Å². The van der Waals surface area contributed by atoms with E-state index >= 15 is 0 Å². The lowest BCUT2D eigenvalue weighted by atomic mass is 10.2. The van der Waals surface area contributed by atoms with Gasteiger partial charge in [-0.25, -0.2) is 0 Å². The second-order valence-electron chi connectivity index (χ2n) is 6.79. The molecule has 148 valence electrons. The quantitative estimate of drug-likeness (QED) is 0.399. The molecule has 0 aromatic carbocycles. The molecular formula is C17H25N5O4S. The number of likely N-dealkylation sites (tertiary alicyclic amines) is 1. The Morgan fingerprint density at radius 2 is 2.07 bits per heavy atom. The maximum Gasteiger partial charge on any atom is 0.324 e. The average Bonchev–Trinajstić information content (AvgIpc) is 3.35. The molecule has 2 amide bonds. The number of nitro groups is 1. The van der Waals surface area contributed by atoms with Crippen LogP contribution in [-0.4, -0.2) is 78.4 Å². The summed E-state index contributed by atoms with van der Waals surface area (Å²) in [6, 6.07) is 2.31. The van der Waals surface area contributed by atoms with Crippen LogP contribution in [0.3, 0.4) is 0 Å². The maximum absolute atomic E-state index is 12.7. The predicted octanol–water partition coefficient (Wildman–Crippen LogP) is 0.672. The first-order valence-corrected chi connectivity index (χ1v) is 10.1. The Morgan fingerprint density at radius 3 is 2.78 bits per heavy atom. The van der Waals surface area contributed by atoms with Crippen molar-refractivity contribution >= 4 is 28.2 Å². The Balaban J connectivity index is 1.48. The number of thiophene rings is 1. The number of rotatable bonds is 7. The van der Waals surface area contributed by atoms with Gasteiger partial charge in [0.25, 0.3) is 5.91 Å². The highest BCUT2D eigenvalue weighted by atomic mass is 32.1. The summed E-state index contributed by atoms with van der Waals surface area (Å²) in [5, 5.41) is 17.0. The van der Waals surface area contributed by atoms with Crippen molar-refractivity contribution in [2.45, 2.75) is 25.3 Å². The molecule has 1 aromatic rings. The van der Waals surface area contributed by atoms with Gasteiger partial charge in [-0.05, 0) is 31.9 Å². The molecule has 0 aliphatic carbocycles. The van der Waals surface area contributed by atoms with E-state index in [1.807, 2.05) is 0 Å². The van der Waals surface area contributed by atoms with Gasteiger partial charge in [-0.15, -0.1) is 0 Å². The lowest BCUT2D eigenvalue weighted by Crippen LogP contribution is -2.47. The number of carbonyl (C=O) groups excluding carboxylic acids is 2. The van der Waals surface area contributed by atoms with Crippen LogP contribution in [0.5, 0.6) is 0 Å². The smallest absolute Gasteiger partial charge is 0.324 e. The van der Waals surface area contributed by atoms with Gasteiger partial charge >= 0.3 is 5.00 Å². The predicted molar refractivity (Wildman–Crippen MR) is 102 cm³/mol. The Labute approximate surface area is 161 Å². The van der Waals surface area contributed by atoms with Gasteiger partial charge in [0, 0.05) is 45.3 Å². The molecule has 1 unspecified atom stereocenters. The van der Waals surface area contributed by atoms with Crippen molar-refractivity contribution < 1.29 is 14.5 Å². The number of hydrogen-bond acceptors (Lipinski definition) is 7. The van der Waals surface area contributed by atoms with Crippen LogP contribution < -0.4 is 10.6 Å². The van der Waals surface area contributed by atoms with Crippen LogP contribution in [-0.2, 0) is 4.79 Å². The molecular weight excluding hydrogens is 370 g/mol. The Hall–Kier alpha value is -2.04. The fraction of sp³-hybridized carbons (Fsp3) is 0.647. The zero-order valence-corrected chi connectivity index (χ0v) is 16.0. The summed E-state index contributed by atoms with van der Waals surface area (Å²) in [6.07, 6.45) is 2.27. The van der Waals surface area contributed by atoms with E-state index in [0.29, 0.717) is 24.4 Å². The molecule has 2 fully saturated rings. The topological polar surface area (TPSA) is 108 Å². The summed E-state index contributed by atoms with van der Waals surface area (Å²) < 4.78 is 0. The molecule has 2 aliphatic heterocycles. The number of nitrogens with zero attached hydrogens (tertiary/aromatic N) is 3. The fourth-order valence-corrected chi connectivity index (χ4v) is 4.31. The molecule has 0 saturated carbocycles. The third kappa shape index (κ3) is 5.02. The summed E-state index contributed by atoms with van der Waals surface area (Å²) >= 11 is 0.854. The molecule has 0 spiro atoms. The molecule has 1 atom stereocenters. The summed E-state index contributed by atoms with van der Waals surface area (Å²) in [5.74, 6) is -0.432. The van der Waals surface area contributed by atoms with E-state index in [1.165, 1.54) is 12.1 Å². The molecule has 2 aliphatic rings. The van der Waals surface area contributed by atoms with Gasteiger partial charge in [-0.3, -0.25) is 19.7 Å². The highest BCUT2D eigenvalue weighted by molar-refractivity contribution is 7.17. The van der Waals surface area contributed by atoms with Crippen LogP contribution in [0.25, 0.3) is 0 Å². The van der Waals surface area contributed by atoms with Crippen molar-refractivity contribution in [3.05, 3.63) is 27.1 Å². The Morgan fingerprint density at radius 1 is 1.30 bits per heavy atom. The van der Waals surface area contributed by atoms with Crippen LogP contribution in [0.15, 0.2) is 12.1 Å². The van der Waals surface area contributed by atoms with E-state index < -0.39 is 11.0 Å². The lowest BCUT2D eigenvalue weighted by Gasteiger charge is -2.27. The molecule has 1 aromatic heterocycles. The van der Waals surface area contributed by atoms with Crippen LogP contribution >= 0.6 is 11.3 Å². The van der Waals surface area contributed by atoms with Gasteiger partial charge < -0.3 is 20.4 Å². The minimum atomic E-state index is -0.506. The summed E-state index contributed by atoms with van der Waals surface area (Å²) in [7, 11) is 0. The normalized spacial score (nSPS) is 20.6. The summed E-state index contributed by atoms with van der Waals surface area (Å²) in [5.41, 5.74) is 0. The van der Waals surface area contributed by atoms with E-state index in [2.05, 4.69) is 15.5 Å².